The number of hydrogen-bond donors (Lipinski definition) is 2. The highest BCUT2D eigenvalue weighted by Crippen LogP contribution is 2.23. The van der Waals surface area contributed by atoms with Crippen LogP contribution in [0.25, 0.3) is 0 Å². The van der Waals surface area contributed by atoms with Crippen molar-refractivity contribution in [2.24, 2.45) is 0 Å². The Morgan fingerprint density at radius 1 is 1.39 bits per heavy atom. The van der Waals surface area contributed by atoms with E-state index >= 15 is 0 Å². The topological polar surface area (TPSA) is 107 Å². The Morgan fingerprint density at radius 3 is 2.89 bits per heavy atom. The lowest BCUT2D eigenvalue weighted by atomic mass is 10.3. The van der Waals surface area contributed by atoms with Crippen LogP contribution >= 0.6 is 0 Å². The zero-order chi connectivity index (χ0) is 13.0. The molecule has 0 bridgehead atoms. The molecule has 2 aromatic rings. The molecule has 2 rings (SSSR count). The van der Waals surface area contributed by atoms with Gasteiger partial charge in [0.2, 0.25) is 5.82 Å². The Kier molecular flexibility index (Phi) is 3.33. The summed E-state index contributed by atoms with van der Waals surface area (Å²) in [7, 11) is 0. The number of nitro groups is 1. The van der Waals surface area contributed by atoms with Crippen molar-refractivity contribution < 1.29 is 4.92 Å². The molecular formula is C11H11N5O2. The number of hydrogen-bond acceptors (Lipinski definition) is 6. The van der Waals surface area contributed by atoms with Crippen LogP contribution in [0, 0.1) is 10.1 Å². The average Bonchev–Trinajstić information content (AvgIpc) is 2.37. The summed E-state index contributed by atoms with van der Waals surface area (Å²) in [4.78, 5) is 18.2. The van der Waals surface area contributed by atoms with Gasteiger partial charge in [0.05, 0.1) is 4.92 Å². The standard InChI is InChI=1S/C11H11N5O2/c12-10-4-3-9(16(17)18)11(15-10)14-7-8-2-1-5-13-6-8/h1-6H,7H2,(H3,12,14,15). The minimum atomic E-state index is -0.502. The second-order valence-electron chi connectivity index (χ2n) is 3.58. The van der Waals surface area contributed by atoms with Gasteiger partial charge in [0.1, 0.15) is 5.82 Å². The first-order valence-corrected chi connectivity index (χ1v) is 5.20. The molecule has 0 atom stereocenters. The van der Waals surface area contributed by atoms with Gasteiger partial charge in [-0.1, -0.05) is 6.07 Å². The summed E-state index contributed by atoms with van der Waals surface area (Å²) in [5, 5.41) is 13.7. The van der Waals surface area contributed by atoms with Crippen molar-refractivity contribution in [3.05, 3.63) is 52.3 Å². The minimum absolute atomic E-state index is 0.104. The minimum Gasteiger partial charge on any atom is -0.384 e. The zero-order valence-electron chi connectivity index (χ0n) is 9.41. The molecule has 0 saturated carbocycles. The summed E-state index contributed by atoms with van der Waals surface area (Å²) in [5.74, 6) is 0.387. The Labute approximate surface area is 103 Å². The van der Waals surface area contributed by atoms with Crippen molar-refractivity contribution in [1.29, 1.82) is 0 Å². The van der Waals surface area contributed by atoms with Crippen LogP contribution in [-0.2, 0) is 6.54 Å². The van der Waals surface area contributed by atoms with Crippen molar-refractivity contribution in [2.75, 3.05) is 11.1 Å². The molecule has 92 valence electrons. The molecule has 0 spiro atoms. The second-order valence-corrected chi connectivity index (χ2v) is 3.58. The largest absolute Gasteiger partial charge is 0.384 e. The van der Waals surface area contributed by atoms with Crippen molar-refractivity contribution in [3.63, 3.8) is 0 Å². The van der Waals surface area contributed by atoms with Gasteiger partial charge >= 0.3 is 5.69 Å². The van der Waals surface area contributed by atoms with E-state index in [1.54, 1.807) is 18.5 Å². The third-order valence-electron chi connectivity index (χ3n) is 2.27. The van der Waals surface area contributed by atoms with Crippen molar-refractivity contribution in [1.82, 2.24) is 9.97 Å². The summed E-state index contributed by atoms with van der Waals surface area (Å²) in [5.41, 5.74) is 6.31. The van der Waals surface area contributed by atoms with E-state index in [4.69, 9.17) is 5.73 Å². The molecule has 0 aromatic carbocycles. The second kappa shape index (κ2) is 5.09. The predicted octanol–water partition coefficient (Wildman–Crippen LogP) is 1.58. The molecule has 0 saturated heterocycles. The highest BCUT2D eigenvalue weighted by atomic mass is 16.6. The third kappa shape index (κ3) is 2.70. The van der Waals surface area contributed by atoms with Gasteiger partial charge in [0, 0.05) is 25.0 Å². The molecule has 0 amide bonds. The molecule has 7 heteroatoms. The lowest BCUT2D eigenvalue weighted by Crippen LogP contribution is -2.06. The fourth-order valence-electron chi connectivity index (χ4n) is 1.43. The molecule has 0 aliphatic rings. The maximum atomic E-state index is 10.8. The summed E-state index contributed by atoms with van der Waals surface area (Å²) < 4.78 is 0. The third-order valence-corrected chi connectivity index (χ3v) is 2.27. The Hall–Kier alpha value is -2.70. The summed E-state index contributed by atoms with van der Waals surface area (Å²) in [6, 6.07) is 6.37. The van der Waals surface area contributed by atoms with Crippen LogP contribution in [0.3, 0.4) is 0 Å². The molecule has 2 aromatic heterocycles. The average molecular weight is 245 g/mol. The number of nitrogens with two attached hydrogens (primary N) is 1. The highest BCUT2D eigenvalue weighted by Gasteiger charge is 2.14. The number of nitrogens with one attached hydrogen (secondary N) is 1. The van der Waals surface area contributed by atoms with Crippen molar-refractivity contribution in [3.8, 4) is 0 Å². The van der Waals surface area contributed by atoms with Crippen LogP contribution in [-0.4, -0.2) is 14.9 Å². The molecule has 2 heterocycles. The van der Waals surface area contributed by atoms with E-state index in [2.05, 4.69) is 15.3 Å². The zero-order valence-corrected chi connectivity index (χ0v) is 9.41. The lowest BCUT2D eigenvalue weighted by Gasteiger charge is -2.06. The maximum Gasteiger partial charge on any atom is 0.311 e. The molecule has 0 fully saturated rings. The highest BCUT2D eigenvalue weighted by molar-refractivity contribution is 5.59. The fourth-order valence-corrected chi connectivity index (χ4v) is 1.43. The van der Waals surface area contributed by atoms with Crippen molar-refractivity contribution in [2.45, 2.75) is 6.54 Å². The van der Waals surface area contributed by atoms with Crippen LogP contribution < -0.4 is 11.1 Å². The number of aromatic nitrogens is 2. The van der Waals surface area contributed by atoms with Crippen LogP contribution in [0.15, 0.2) is 36.7 Å². The van der Waals surface area contributed by atoms with Gasteiger partial charge < -0.3 is 11.1 Å². The fraction of sp³-hybridized carbons (Fsp3) is 0.0909. The number of rotatable bonds is 4. The molecule has 0 aliphatic carbocycles. The van der Waals surface area contributed by atoms with E-state index in [-0.39, 0.29) is 17.3 Å². The van der Waals surface area contributed by atoms with E-state index in [1.165, 1.54) is 12.1 Å². The molecule has 0 radical (unpaired) electrons. The van der Waals surface area contributed by atoms with Gasteiger partial charge in [-0.3, -0.25) is 15.1 Å². The molecule has 7 nitrogen and oxygen atoms in total. The summed E-state index contributed by atoms with van der Waals surface area (Å²) in [6.45, 7) is 0.394. The first-order valence-electron chi connectivity index (χ1n) is 5.20. The SMILES string of the molecule is Nc1ccc([N+](=O)[O-])c(NCc2cccnc2)n1. The van der Waals surface area contributed by atoms with E-state index in [1.807, 2.05) is 6.07 Å². The quantitative estimate of drug-likeness (QED) is 0.625. The Balaban J connectivity index is 2.18. The summed E-state index contributed by atoms with van der Waals surface area (Å²) in [6.07, 6.45) is 3.33. The molecule has 3 N–H and O–H groups in total. The monoisotopic (exact) mass is 245 g/mol. The number of pyridine rings is 2. The number of nitrogens with zero attached hydrogens (tertiary/aromatic N) is 3. The number of anilines is 2. The van der Waals surface area contributed by atoms with Gasteiger partial charge in [-0.05, 0) is 17.7 Å². The number of nitrogen functional groups attached to an aromatic ring is 1. The summed E-state index contributed by atoms with van der Waals surface area (Å²) >= 11 is 0. The Morgan fingerprint density at radius 2 is 2.22 bits per heavy atom. The van der Waals surface area contributed by atoms with Crippen LogP contribution in [0.2, 0.25) is 0 Å². The van der Waals surface area contributed by atoms with E-state index in [0.717, 1.165) is 5.56 Å². The van der Waals surface area contributed by atoms with Gasteiger partial charge in [-0.15, -0.1) is 0 Å². The van der Waals surface area contributed by atoms with Gasteiger partial charge in [0.25, 0.3) is 0 Å². The Bertz CT molecular complexity index is 559. The maximum absolute atomic E-state index is 10.8. The van der Waals surface area contributed by atoms with E-state index in [9.17, 15) is 10.1 Å². The predicted molar refractivity (Wildman–Crippen MR) is 66.9 cm³/mol. The normalized spacial score (nSPS) is 10.0. The molecule has 0 unspecified atom stereocenters. The van der Waals surface area contributed by atoms with E-state index < -0.39 is 4.92 Å². The van der Waals surface area contributed by atoms with Crippen LogP contribution in [0.4, 0.5) is 17.3 Å². The molecular weight excluding hydrogens is 234 g/mol. The van der Waals surface area contributed by atoms with E-state index in [0.29, 0.717) is 6.54 Å². The smallest absolute Gasteiger partial charge is 0.311 e. The van der Waals surface area contributed by atoms with Crippen LogP contribution in [0.5, 0.6) is 0 Å². The van der Waals surface area contributed by atoms with Gasteiger partial charge in [-0.2, -0.15) is 0 Å². The first kappa shape index (κ1) is 11.8. The van der Waals surface area contributed by atoms with Crippen LogP contribution in [0.1, 0.15) is 5.56 Å². The van der Waals surface area contributed by atoms with Crippen molar-refractivity contribution >= 4 is 17.3 Å². The first-order chi connectivity index (χ1) is 8.66. The lowest BCUT2D eigenvalue weighted by molar-refractivity contribution is -0.384. The van der Waals surface area contributed by atoms with Gasteiger partial charge in [0.15, 0.2) is 0 Å². The molecule has 18 heavy (non-hydrogen) atoms. The van der Waals surface area contributed by atoms with Gasteiger partial charge in [-0.25, -0.2) is 4.98 Å². The molecule has 0 aliphatic heterocycles.